The summed E-state index contributed by atoms with van der Waals surface area (Å²) in [5.41, 5.74) is 1.88. The van der Waals surface area contributed by atoms with E-state index in [0.29, 0.717) is 18.2 Å². The summed E-state index contributed by atoms with van der Waals surface area (Å²) in [6.07, 6.45) is 2.50. The van der Waals surface area contributed by atoms with E-state index >= 15 is 0 Å². The number of nitro benzene ring substituents is 1. The lowest BCUT2D eigenvalue weighted by Gasteiger charge is -2.31. The van der Waals surface area contributed by atoms with E-state index in [0.717, 1.165) is 25.2 Å². The van der Waals surface area contributed by atoms with Gasteiger partial charge in [0.1, 0.15) is 5.69 Å². The fourth-order valence-electron chi connectivity index (χ4n) is 2.92. The summed E-state index contributed by atoms with van der Waals surface area (Å²) in [7, 11) is 0. The van der Waals surface area contributed by atoms with E-state index in [1.807, 2.05) is 13.0 Å². The molecule has 1 aliphatic rings. The number of para-hydroxylation sites is 1. The summed E-state index contributed by atoms with van der Waals surface area (Å²) < 4.78 is 0. The zero-order valence-corrected chi connectivity index (χ0v) is 12.3. The number of anilines is 1. The van der Waals surface area contributed by atoms with Crippen LogP contribution < -0.4 is 5.32 Å². The van der Waals surface area contributed by atoms with Crippen LogP contribution in [0, 0.1) is 16.0 Å². The van der Waals surface area contributed by atoms with E-state index in [4.69, 9.17) is 0 Å². The first kappa shape index (κ1) is 14.8. The Labute approximate surface area is 120 Å². The van der Waals surface area contributed by atoms with Crippen LogP contribution in [0.4, 0.5) is 11.4 Å². The smallest absolute Gasteiger partial charge is 0.292 e. The van der Waals surface area contributed by atoms with Gasteiger partial charge in [-0.15, -0.1) is 0 Å². The maximum Gasteiger partial charge on any atom is 0.292 e. The summed E-state index contributed by atoms with van der Waals surface area (Å²) in [4.78, 5) is 13.2. The SMILES string of the molecule is CCNc1c(CN2CCCC(C)C2)cccc1[N+](=O)[O-]. The standard InChI is InChI=1S/C15H23N3O2/c1-3-16-15-13(7-4-8-14(15)18(19)20)11-17-9-5-6-12(2)10-17/h4,7-8,12,16H,3,5-6,9-11H2,1-2H3. The Morgan fingerprint density at radius 3 is 2.95 bits per heavy atom. The van der Waals surface area contributed by atoms with Gasteiger partial charge in [0, 0.05) is 25.7 Å². The van der Waals surface area contributed by atoms with E-state index in [1.165, 1.54) is 12.8 Å². The molecular weight excluding hydrogens is 254 g/mol. The second-order valence-electron chi connectivity index (χ2n) is 5.58. The summed E-state index contributed by atoms with van der Waals surface area (Å²) in [5.74, 6) is 0.713. The summed E-state index contributed by atoms with van der Waals surface area (Å²) >= 11 is 0. The van der Waals surface area contributed by atoms with Crippen LogP contribution in [0.1, 0.15) is 32.3 Å². The first-order valence-electron chi connectivity index (χ1n) is 7.34. The highest BCUT2D eigenvalue weighted by molar-refractivity contribution is 5.66. The molecule has 1 aromatic carbocycles. The van der Waals surface area contributed by atoms with Crippen molar-refractivity contribution in [3.05, 3.63) is 33.9 Å². The molecule has 0 spiro atoms. The fraction of sp³-hybridized carbons (Fsp3) is 0.600. The van der Waals surface area contributed by atoms with Crippen LogP contribution in [0.15, 0.2) is 18.2 Å². The molecule has 1 N–H and O–H groups in total. The van der Waals surface area contributed by atoms with Crippen molar-refractivity contribution < 1.29 is 4.92 Å². The normalized spacial score (nSPS) is 19.8. The van der Waals surface area contributed by atoms with Gasteiger partial charge < -0.3 is 5.32 Å². The number of nitrogens with zero attached hydrogens (tertiary/aromatic N) is 2. The molecule has 0 bridgehead atoms. The molecule has 0 aliphatic carbocycles. The molecule has 5 heteroatoms. The average Bonchev–Trinajstić information content (AvgIpc) is 2.40. The molecule has 1 saturated heterocycles. The Hall–Kier alpha value is -1.62. The van der Waals surface area contributed by atoms with Gasteiger partial charge in [0.15, 0.2) is 0 Å². The van der Waals surface area contributed by atoms with E-state index in [9.17, 15) is 10.1 Å². The summed E-state index contributed by atoms with van der Waals surface area (Å²) in [6, 6.07) is 5.34. The van der Waals surface area contributed by atoms with Gasteiger partial charge in [-0.3, -0.25) is 15.0 Å². The van der Waals surface area contributed by atoms with E-state index < -0.39 is 0 Å². The largest absolute Gasteiger partial charge is 0.380 e. The molecule has 0 amide bonds. The number of hydrogen-bond acceptors (Lipinski definition) is 4. The van der Waals surface area contributed by atoms with Crippen LogP contribution >= 0.6 is 0 Å². The molecule has 1 atom stereocenters. The number of benzene rings is 1. The van der Waals surface area contributed by atoms with Crippen molar-refractivity contribution in [1.82, 2.24) is 4.90 Å². The number of rotatable bonds is 5. The summed E-state index contributed by atoms with van der Waals surface area (Å²) in [5, 5.41) is 14.3. The Bertz CT molecular complexity index is 476. The lowest BCUT2D eigenvalue weighted by Crippen LogP contribution is -2.34. The quantitative estimate of drug-likeness (QED) is 0.663. The van der Waals surface area contributed by atoms with E-state index in [-0.39, 0.29) is 10.6 Å². The Morgan fingerprint density at radius 2 is 2.30 bits per heavy atom. The first-order valence-corrected chi connectivity index (χ1v) is 7.34. The Balaban J connectivity index is 2.21. The van der Waals surface area contributed by atoms with Gasteiger partial charge >= 0.3 is 0 Å². The van der Waals surface area contributed by atoms with Gasteiger partial charge in [0.05, 0.1) is 4.92 Å². The maximum absolute atomic E-state index is 11.1. The molecule has 1 fully saturated rings. The minimum Gasteiger partial charge on any atom is -0.380 e. The second kappa shape index (κ2) is 6.70. The van der Waals surface area contributed by atoms with Crippen molar-refractivity contribution in [2.75, 3.05) is 25.0 Å². The van der Waals surface area contributed by atoms with Crippen LogP contribution in [0.25, 0.3) is 0 Å². The Kier molecular flexibility index (Phi) is 4.95. The highest BCUT2D eigenvalue weighted by atomic mass is 16.6. The predicted molar refractivity (Wildman–Crippen MR) is 80.9 cm³/mol. The molecule has 0 aromatic heterocycles. The van der Waals surface area contributed by atoms with Crippen molar-refractivity contribution in [2.24, 2.45) is 5.92 Å². The molecule has 1 heterocycles. The minimum absolute atomic E-state index is 0.175. The number of nitro groups is 1. The predicted octanol–water partition coefficient (Wildman–Crippen LogP) is 3.26. The fourth-order valence-corrected chi connectivity index (χ4v) is 2.92. The Morgan fingerprint density at radius 1 is 1.50 bits per heavy atom. The molecule has 1 aliphatic heterocycles. The van der Waals surface area contributed by atoms with Crippen LogP contribution in [-0.4, -0.2) is 29.5 Å². The topological polar surface area (TPSA) is 58.4 Å². The number of piperidine rings is 1. The van der Waals surface area contributed by atoms with Crippen LogP contribution in [0.5, 0.6) is 0 Å². The minimum atomic E-state index is -0.305. The number of hydrogen-bond donors (Lipinski definition) is 1. The molecule has 2 rings (SSSR count). The van der Waals surface area contributed by atoms with Gasteiger partial charge in [0.25, 0.3) is 5.69 Å². The van der Waals surface area contributed by atoms with Crippen molar-refractivity contribution in [3.8, 4) is 0 Å². The zero-order valence-electron chi connectivity index (χ0n) is 12.3. The third kappa shape index (κ3) is 3.48. The van der Waals surface area contributed by atoms with Crippen molar-refractivity contribution in [3.63, 3.8) is 0 Å². The van der Waals surface area contributed by atoms with Crippen molar-refractivity contribution in [2.45, 2.75) is 33.2 Å². The van der Waals surface area contributed by atoms with Gasteiger partial charge in [-0.2, -0.15) is 0 Å². The number of nitrogens with one attached hydrogen (secondary N) is 1. The zero-order chi connectivity index (χ0) is 14.5. The van der Waals surface area contributed by atoms with Crippen LogP contribution in [0.3, 0.4) is 0 Å². The lowest BCUT2D eigenvalue weighted by molar-refractivity contribution is -0.384. The molecular formula is C15H23N3O2. The van der Waals surface area contributed by atoms with Crippen LogP contribution in [0.2, 0.25) is 0 Å². The monoisotopic (exact) mass is 277 g/mol. The number of likely N-dealkylation sites (tertiary alicyclic amines) is 1. The molecule has 0 radical (unpaired) electrons. The third-order valence-corrected chi connectivity index (χ3v) is 3.81. The molecule has 1 unspecified atom stereocenters. The third-order valence-electron chi connectivity index (χ3n) is 3.81. The highest BCUT2D eigenvalue weighted by Gasteiger charge is 2.21. The lowest BCUT2D eigenvalue weighted by atomic mass is 9.99. The molecule has 0 saturated carbocycles. The van der Waals surface area contributed by atoms with Crippen molar-refractivity contribution in [1.29, 1.82) is 0 Å². The highest BCUT2D eigenvalue weighted by Crippen LogP contribution is 2.30. The van der Waals surface area contributed by atoms with Gasteiger partial charge in [0.2, 0.25) is 0 Å². The van der Waals surface area contributed by atoms with Crippen molar-refractivity contribution >= 4 is 11.4 Å². The van der Waals surface area contributed by atoms with Crippen LogP contribution in [-0.2, 0) is 6.54 Å². The molecule has 5 nitrogen and oxygen atoms in total. The van der Waals surface area contributed by atoms with E-state index in [1.54, 1.807) is 12.1 Å². The summed E-state index contributed by atoms with van der Waals surface area (Å²) in [6.45, 7) is 7.86. The molecule has 1 aromatic rings. The second-order valence-corrected chi connectivity index (χ2v) is 5.58. The molecule has 20 heavy (non-hydrogen) atoms. The van der Waals surface area contributed by atoms with Gasteiger partial charge in [-0.05, 0) is 37.8 Å². The molecule has 110 valence electrons. The first-order chi connectivity index (χ1) is 9.61. The average molecular weight is 277 g/mol. The van der Waals surface area contributed by atoms with Gasteiger partial charge in [-0.25, -0.2) is 0 Å². The van der Waals surface area contributed by atoms with E-state index in [2.05, 4.69) is 17.1 Å². The van der Waals surface area contributed by atoms with Gasteiger partial charge in [-0.1, -0.05) is 19.1 Å². The maximum atomic E-state index is 11.1.